The van der Waals surface area contributed by atoms with Crippen LogP contribution in [0.5, 0.6) is 0 Å². The number of aromatic amines is 1. The number of aromatic nitrogens is 2. The van der Waals surface area contributed by atoms with E-state index < -0.39 is 0 Å². The van der Waals surface area contributed by atoms with Gasteiger partial charge in [-0.1, -0.05) is 12.1 Å². The number of amides is 1. The van der Waals surface area contributed by atoms with E-state index in [9.17, 15) is 4.79 Å². The number of nitrogens with zero attached hydrogens (tertiary/aromatic N) is 3. The Morgan fingerprint density at radius 3 is 2.56 bits per heavy atom. The summed E-state index contributed by atoms with van der Waals surface area (Å²) in [5, 5.41) is 7.59. The molecule has 27 heavy (non-hydrogen) atoms. The van der Waals surface area contributed by atoms with Gasteiger partial charge in [-0.05, 0) is 31.0 Å². The van der Waals surface area contributed by atoms with E-state index in [1.807, 2.05) is 11.0 Å². The number of rotatable bonds is 3. The number of carbonyl (C=O) groups excluding carboxylic acids is 1. The number of hydrogen-bond donors (Lipinski definition) is 1. The minimum absolute atomic E-state index is 0.149. The standard InChI is InChI=1S/C20H22N4O2S/c25-20(24-7-1-2-8-24)17-13-16-19(27-17)18(22-21-16)14-3-5-15(6-4-14)23-9-11-26-12-10-23/h3-6,13H,1-2,7-12H2,(H,21,22). The predicted octanol–water partition coefficient (Wildman–Crippen LogP) is 3.36. The number of anilines is 1. The smallest absolute Gasteiger partial charge is 0.264 e. The summed E-state index contributed by atoms with van der Waals surface area (Å²) in [5.41, 5.74) is 4.14. The molecule has 5 rings (SSSR count). The predicted molar refractivity (Wildman–Crippen MR) is 108 cm³/mol. The maximum Gasteiger partial charge on any atom is 0.264 e. The molecule has 2 saturated heterocycles. The summed E-state index contributed by atoms with van der Waals surface area (Å²) in [4.78, 5) is 17.8. The Hall–Kier alpha value is -2.38. The lowest BCUT2D eigenvalue weighted by Crippen LogP contribution is -2.36. The SMILES string of the molecule is O=C(c1cc2[nH]nc(-c3ccc(N4CCOCC4)cc3)c2s1)N1CCCC1. The first-order chi connectivity index (χ1) is 13.3. The Kier molecular flexibility index (Phi) is 4.33. The van der Waals surface area contributed by atoms with Crippen molar-refractivity contribution in [3.63, 3.8) is 0 Å². The first-order valence-corrected chi connectivity index (χ1v) is 10.3. The van der Waals surface area contributed by atoms with Gasteiger partial charge in [0.2, 0.25) is 0 Å². The number of carbonyl (C=O) groups is 1. The van der Waals surface area contributed by atoms with Crippen LogP contribution in [0.4, 0.5) is 5.69 Å². The van der Waals surface area contributed by atoms with Gasteiger partial charge in [0.1, 0.15) is 5.69 Å². The third-order valence-corrected chi connectivity index (χ3v) is 6.49. The van der Waals surface area contributed by atoms with Gasteiger partial charge in [-0.2, -0.15) is 5.10 Å². The molecule has 2 aliphatic rings. The van der Waals surface area contributed by atoms with Gasteiger partial charge < -0.3 is 14.5 Å². The molecule has 4 heterocycles. The topological polar surface area (TPSA) is 61.5 Å². The zero-order valence-electron chi connectivity index (χ0n) is 15.1. The number of morpholine rings is 1. The van der Waals surface area contributed by atoms with Gasteiger partial charge in [0.05, 0.1) is 28.3 Å². The van der Waals surface area contributed by atoms with E-state index in [1.54, 1.807) is 11.3 Å². The van der Waals surface area contributed by atoms with Crippen LogP contribution in [0.1, 0.15) is 22.5 Å². The molecule has 7 heteroatoms. The second-order valence-corrected chi connectivity index (χ2v) is 8.12. The molecule has 0 radical (unpaired) electrons. The summed E-state index contributed by atoms with van der Waals surface area (Å²) in [6.07, 6.45) is 2.22. The van der Waals surface area contributed by atoms with Gasteiger partial charge in [0, 0.05) is 37.4 Å². The van der Waals surface area contributed by atoms with E-state index in [0.29, 0.717) is 0 Å². The molecule has 0 bridgehead atoms. The third kappa shape index (κ3) is 3.11. The second kappa shape index (κ2) is 6.98. The third-order valence-electron chi connectivity index (χ3n) is 5.36. The molecule has 3 aromatic rings. The van der Waals surface area contributed by atoms with Crippen molar-refractivity contribution in [1.82, 2.24) is 15.1 Å². The van der Waals surface area contributed by atoms with E-state index in [0.717, 1.165) is 78.6 Å². The fourth-order valence-electron chi connectivity index (χ4n) is 3.85. The highest BCUT2D eigenvalue weighted by Crippen LogP contribution is 2.34. The van der Waals surface area contributed by atoms with Gasteiger partial charge in [-0.25, -0.2) is 0 Å². The molecule has 1 amide bonds. The fraction of sp³-hybridized carbons (Fsp3) is 0.400. The van der Waals surface area contributed by atoms with Crippen LogP contribution in [0.2, 0.25) is 0 Å². The molecule has 2 fully saturated rings. The van der Waals surface area contributed by atoms with Crippen molar-refractivity contribution in [3.8, 4) is 11.3 Å². The van der Waals surface area contributed by atoms with E-state index in [1.165, 1.54) is 5.69 Å². The molecule has 0 atom stereocenters. The molecule has 1 aromatic carbocycles. The van der Waals surface area contributed by atoms with E-state index in [-0.39, 0.29) is 5.91 Å². The minimum Gasteiger partial charge on any atom is -0.378 e. The van der Waals surface area contributed by atoms with E-state index >= 15 is 0 Å². The van der Waals surface area contributed by atoms with Crippen molar-refractivity contribution in [2.45, 2.75) is 12.8 Å². The Bertz CT molecular complexity index is 950. The lowest BCUT2D eigenvalue weighted by molar-refractivity contribution is 0.0797. The maximum absolute atomic E-state index is 12.7. The number of benzene rings is 1. The highest BCUT2D eigenvalue weighted by Gasteiger charge is 2.23. The fourth-order valence-corrected chi connectivity index (χ4v) is 4.93. The largest absolute Gasteiger partial charge is 0.378 e. The summed E-state index contributed by atoms with van der Waals surface area (Å²) < 4.78 is 6.48. The van der Waals surface area contributed by atoms with Crippen LogP contribution in [-0.4, -0.2) is 60.4 Å². The molecule has 0 unspecified atom stereocenters. The van der Waals surface area contributed by atoms with Crippen LogP contribution < -0.4 is 4.90 Å². The number of H-pyrrole nitrogens is 1. The summed E-state index contributed by atoms with van der Waals surface area (Å²) in [7, 11) is 0. The zero-order chi connectivity index (χ0) is 18.2. The van der Waals surface area contributed by atoms with Crippen molar-refractivity contribution in [2.75, 3.05) is 44.3 Å². The van der Waals surface area contributed by atoms with Crippen LogP contribution in [0, 0.1) is 0 Å². The average molecular weight is 382 g/mol. The van der Waals surface area contributed by atoms with Crippen LogP contribution in [-0.2, 0) is 4.74 Å². The van der Waals surface area contributed by atoms with Crippen LogP contribution >= 0.6 is 11.3 Å². The highest BCUT2D eigenvalue weighted by molar-refractivity contribution is 7.21. The first-order valence-electron chi connectivity index (χ1n) is 9.50. The molecular weight excluding hydrogens is 360 g/mol. The Labute approximate surface area is 161 Å². The molecule has 0 spiro atoms. The van der Waals surface area contributed by atoms with Crippen molar-refractivity contribution < 1.29 is 9.53 Å². The molecule has 2 aliphatic heterocycles. The molecular formula is C20H22N4O2S. The van der Waals surface area contributed by atoms with Gasteiger partial charge in [0.15, 0.2) is 0 Å². The van der Waals surface area contributed by atoms with E-state index in [4.69, 9.17) is 4.74 Å². The van der Waals surface area contributed by atoms with Gasteiger partial charge in [0.25, 0.3) is 5.91 Å². The van der Waals surface area contributed by atoms with E-state index in [2.05, 4.69) is 39.4 Å². The van der Waals surface area contributed by atoms with Crippen LogP contribution in [0.25, 0.3) is 21.5 Å². The lowest BCUT2D eigenvalue weighted by Gasteiger charge is -2.28. The molecule has 140 valence electrons. The Balaban J connectivity index is 1.42. The van der Waals surface area contributed by atoms with Gasteiger partial charge >= 0.3 is 0 Å². The number of likely N-dealkylation sites (tertiary alicyclic amines) is 1. The number of nitrogens with one attached hydrogen (secondary N) is 1. The summed E-state index contributed by atoms with van der Waals surface area (Å²) in [6, 6.07) is 10.5. The molecule has 0 saturated carbocycles. The Morgan fingerprint density at radius 1 is 1.07 bits per heavy atom. The molecule has 1 N–H and O–H groups in total. The molecule has 2 aromatic heterocycles. The zero-order valence-corrected chi connectivity index (χ0v) is 15.9. The van der Waals surface area contributed by atoms with Crippen LogP contribution in [0.15, 0.2) is 30.3 Å². The normalized spacial score (nSPS) is 17.8. The number of fused-ring (bicyclic) bond motifs is 1. The average Bonchev–Trinajstić information content (AvgIpc) is 3.45. The number of hydrogen-bond acceptors (Lipinski definition) is 5. The summed E-state index contributed by atoms with van der Waals surface area (Å²) in [6.45, 7) is 5.17. The monoisotopic (exact) mass is 382 g/mol. The second-order valence-electron chi connectivity index (χ2n) is 7.07. The van der Waals surface area contributed by atoms with Crippen molar-refractivity contribution >= 4 is 33.1 Å². The quantitative estimate of drug-likeness (QED) is 0.755. The van der Waals surface area contributed by atoms with Crippen molar-refractivity contribution in [1.29, 1.82) is 0 Å². The maximum atomic E-state index is 12.7. The van der Waals surface area contributed by atoms with Crippen molar-refractivity contribution in [2.24, 2.45) is 0 Å². The Morgan fingerprint density at radius 2 is 1.81 bits per heavy atom. The summed E-state index contributed by atoms with van der Waals surface area (Å²) in [5.74, 6) is 0.149. The number of thiophene rings is 1. The first kappa shape index (κ1) is 16.8. The van der Waals surface area contributed by atoms with Gasteiger partial charge in [-0.15, -0.1) is 11.3 Å². The van der Waals surface area contributed by atoms with Crippen LogP contribution in [0.3, 0.4) is 0 Å². The highest BCUT2D eigenvalue weighted by atomic mass is 32.1. The van der Waals surface area contributed by atoms with Crippen molar-refractivity contribution in [3.05, 3.63) is 35.2 Å². The minimum atomic E-state index is 0.149. The number of ether oxygens (including phenoxy) is 1. The van der Waals surface area contributed by atoms with Gasteiger partial charge in [-0.3, -0.25) is 9.89 Å². The molecule has 6 nitrogen and oxygen atoms in total. The lowest BCUT2D eigenvalue weighted by atomic mass is 10.1. The molecule has 0 aliphatic carbocycles. The summed E-state index contributed by atoms with van der Waals surface area (Å²) >= 11 is 1.54.